The fourth-order valence-electron chi connectivity index (χ4n) is 8.28. The number of rotatable bonds is 6. The van der Waals surface area contributed by atoms with Gasteiger partial charge in [-0.1, -0.05) is 158 Å². The Morgan fingerprint density at radius 3 is 1.55 bits per heavy atom. The first-order chi connectivity index (χ1) is 27.8. The van der Waals surface area contributed by atoms with Crippen molar-refractivity contribution in [2.75, 3.05) is 0 Å². The second-order valence-corrected chi connectivity index (χ2v) is 14.0. The van der Waals surface area contributed by atoms with Crippen molar-refractivity contribution >= 4 is 43.6 Å². The number of hydrogen-bond donors (Lipinski definition) is 0. The number of fused-ring (bicyclic) bond motifs is 7. The highest BCUT2D eigenvalue weighted by atomic mass is 15.1. The van der Waals surface area contributed by atoms with E-state index in [0.29, 0.717) is 17.5 Å². The minimum absolute atomic E-state index is 0.618. The van der Waals surface area contributed by atoms with Gasteiger partial charge >= 0.3 is 0 Å². The van der Waals surface area contributed by atoms with Crippen molar-refractivity contribution in [1.29, 1.82) is 0 Å². The van der Waals surface area contributed by atoms with Crippen LogP contribution in [0.1, 0.15) is 0 Å². The fraction of sp³-hybridized carbons (Fsp3) is 0. The third-order valence-electron chi connectivity index (χ3n) is 10.8. The molecule has 0 amide bonds. The molecule has 11 rings (SSSR count). The van der Waals surface area contributed by atoms with Crippen molar-refractivity contribution in [3.63, 3.8) is 0 Å². The van der Waals surface area contributed by atoms with Gasteiger partial charge in [-0.2, -0.15) is 0 Å². The molecule has 0 atom stereocenters. The first-order valence-electron chi connectivity index (χ1n) is 18.9. The second-order valence-electron chi connectivity index (χ2n) is 14.0. The molecule has 262 valence electrons. The van der Waals surface area contributed by atoms with Gasteiger partial charge in [0, 0.05) is 43.9 Å². The maximum Gasteiger partial charge on any atom is 0.166 e. The Balaban J connectivity index is 1.20. The molecule has 0 aliphatic heterocycles. The van der Waals surface area contributed by atoms with Crippen LogP contribution in [0.5, 0.6) is 0 Å². The lowest BCUT2D eigenvalue weighted by Crippen LogP contribution is -2.03. The quantitative estimate of drug-likeness (QED) is 0.172. The van der Waals surface area contributed by atoms with Crippen molar-refractivity contribution < 1.29 is 0 Å². The van der Waals surface area contributed by atoms with Crippen LogP contribution in [0.2, 0.25) is 0 Å². The third kappa shape index (κ3) is 5.13. The average Bonchev–Trinajstić information content (AvgIpc) is 3.80. The molecule has 3 heterocycles. The fourth-order valence-corrected chi connectivity index (χ4v) is 8.28. The zero-order valence-electron chi connectivity index (χ0n) is 30.3. The van der Waals surface area contributed by atoms with Gasteiger partial charge in [-0.25, -0.2) is 15.0 Å². The van der Waals surface area contributed by atoms with Crippen molar-refractivity contribution in [3.8, 4) is 56.7 Å². The summed E-state index contributed by atoms with van der Waals surface area (Å²) < 4.78 is 4.84. The topological polar surface area (TPSA) is 48.5 Å². The van der Waals surface area contributed by atoms with Crippen LogP contribution < -0.4 is 0 Å². The molecule has 0 bridgehead atoms. The van der Waals surface area contributed by atoms with E-state index in [-0.39, 0.29) is 0 Å². The van der Waals surface area contributed by atoms with Gasteiger partial charge in [0.15, 0.2) is 17.5 Å². The Morgan fingerprint density at radius 1 is 0.321 bits per heavy atom. The zero-order chi connectivity index (χ0) is 37.0. The first kappa shape index (κ1) is 31.9. The molecule has 0 aliphatic carbocycles. The molecule has 0 spiro atoms. The molecule has 0 fully saturated rings. The lowest BCUT2D eigenvalue weighted by Gasteiger charge is -2.15. The lowest BCUT2D eigenvalue weighted by molar-refractivity contribution is 1.06. The average molecular weight is 716 g/mol. The number of hydrogen-bond acceptors (Lipinski definition) is 3. The van der Waals surface area contributed by atoms with E-state index in [0.717, 1.165) is 39.1 Å². The maximum absolute atomic E-state index is 5.16. The van der Waals surface area contributed by atoms with Crippen molar-refractivity contribution in [2.24, 2.45) is 0 Å². The summed E-state index contributed by atoms with van der Waals surface area (Å²) in [5.74, 6) is 1.89. The molecule has 0 saturated carbocycles. The van der Waals surface area contributed by atoms with Crippen molar-refractivity contribution in [3.05, 3.63) is 200 Å². The highest BCUT2D eigenvalue weighted by molar-refractivity contribution is 6.26. The minimum Gasteiger partial charge on any atom is -0.309 e. The van der Waals surface area contributed by atoms with E-state index >= 15 is 0 Å². The molecule has 0 unspecified atom stereocenters. The van der Waals surface area contributed by atoms with Crippen LogP contribution in [0.4, 0.5) is 0 Å². The van der Waals surface area contributed by atoms with Crippen LogP contribution in [-0.4, -0.2) is 24.1 Å². The standard InChI is InChI=1S/C51H33N5/c1-4-17-34(18-5-1)37-23-16-24-38(33-37)55-43-28-13-10-25-39(43)40-31-32-46-47(48(40)55)41-26-11-14-29-44(41)56(46)45-30-15-12-27-42(45)51-53-49(35-19-6-2-7-20-35)52-50(54-51)36-21-8-3-9-22-36/h1-33H. The molecule has 0 radical (unpaired) electrons. The molecule has 0 N–H and O–H groups in total. The highest BCUT2D eigenvalue weighted by Crippen LogP contribution is 2.43. The summed E-state index contributed by atoms with van der Waals surface area (Å²) in [6.45, 7) is 0. The van der Waals surface area contributed by atoms with E-state index in [2.05, 4.69) is 149 Å². The van der Waals surface area contributed by atoms with Gasteiger partial charge in [-0.3, -0.25) is 0 Å². The molecule has 0 aliphatic rings. The number of aromatic nitrogens is 5. The SMILES string of the molecule is c1ccc(-c2cccc(-n3c4ccccc4c4ccc5c(c6ccccc6n5-c5ccccc5-c5nc(-c6ccccc6)nc(-c6ccccc6)n5)c43)c2)cc1. The van der Waals surface area contributed by atoms with Gasteiger partial charge in [-0.15, -0.1) is 0 Å². The van der Waals surface area contributed by atoms with E-state index in [1.807, 2.05) is 60.7 Å². The predicted octanol–water partition coefficient (Wildman–Crippen LogP) is 12.7. The Kier molecular flexibility index (Phi) is 7.42. The summed E-state index contributed by atoms with van der Waals surface area (Å²) in [4.78, 5) is 15.3. The maximum atomic E-state index is 5.16. The zero-order valence-corrected chi connectivity index (χ0v) is 30.3. The molecular weight excluding hydrogens is 683 g/mol. The smallest absolute Gasteiger partial charge is 0.166 e. The Labute approximate surface area is 323 Å². The van der Waals surface area contributed by atoms with Crippen LogP contribution in [0.25, 0.3) is 100 Å². The number of para-hydroxylation sites is 3. The highest BCUT2D eigenvalue weighted by Gasteiger charge is 2.23. The molecule has 0 saturated heterocycles. The van der Waals surface area contributed by atoms with E-state index in [9.17, 15) is 0 Å². The van der Waals surface area contributed by atoms with Crippen LogP contribution in [0.15, 0.2) is 200 Å². The molecule has 3 aromatic heterocycles. The summed E-state index contributed by atoms with van der Waals surface area (Å²) in [7, 11) is 0. The van der Waals surface area contributed by atoms with E-state index in [1.54, 1.807) is 0 Å². The summed E-state index contributed by atoms with van der Waals surface area (Å²) in [6, 6.07) is 70.3. The van der Waals surface area contributed by atoms with E-state index in [1.165, 1.54) is 43.7 Å². The molecule has 11 aromatic rings. The summed E-state index contributed by atoms with van der Waals surface area (Å²) in [5, 5.41) is 4.81. The van der Waals surface area contributed by atoms with E-state index in [4.69, 9.17) is 15.0 Å². The normalized spacial score (nSPS) is 11.6. The van der Waals surface area contributed by atoms with Gasteiger partial charge in [0.1, 0.15) is 0 Å². The molecule has 5 heteroatoms. The molecule has 8 aromatic carbocycles. The van der Waals surface area contributed by atoms with E-state index < -0.39 is 0 Å². The van der Waals surface area contributed by atoms with Crippen LogP contribution >= 0.6 is 0 Å². The summed E-state index contributed by atoms with van der Waals surface area (Å²) in [5.41, 5.74) is 11.9. The third-order valence-corrected chi connectivity index (χ3v) is 10.8. The summed E-state index contributed by atoms with van der Waals surface area (Å²) >= 11 is 0. The van der Waals surface area contributed by atoms with Crippen molar-refractivity contribution in [2.45, 2.75) is 0 Å². The first-order valence-corrected chi connectivity index (χ1v) is 18.9. The molecule has 56 heavy (non-hydrogen) atoms. The van der Waals surface area contributed by atoms with Gasteiger partial charge in [-0.05, 0) is 53.6 Å². The lowest BCUT2D eigenvalue weighted by atomic mass is 10.0. The Bertz CT molecular complexity index is 3180. The van der Waals surface area contributed by atoms with Gasteiger partial charge in [0.05, 0.1) is 27.8 Å². The van der Waals surface area contributed by atoms with Crippen LogP contribution in [0.3, 0.4) is 0 Å². The van der Waals surface area contributed by atoms with Gasteiger partial charge in [0.25, 0.3) is 0 Å². The predicted molar refractivity (Wildman–Crippen MR) is 230 cm³/mol. The van der Waals surface area contributed by atoms with Crippen molar-refractivity contribution in [1.82, 2.24) is 24.1 Å². The second kappa shape index (κ2) is 13.0. The molecule has 5 nitrogen and oxygen atoms in total. The van der Waals surface area contributed by atoms with Crippen LogP contribution in [0, 0.1) is 0 Å². The number of nitrogens with zero attached hydrogens (tertiary/aromatic N) is 5. The van der Waals surface area contributed by atoms with Crippen LogP contribution in [-0.2, 0) is 0 Å². The monoisotopic (exact) mass is 715 g/mol. The number of benzene rings is 8. The summed E-state index contributed by atoms with van der Waals surface area (Å²) in [6.07, 6.45) is 0. The van der Waals surface area contributed by atoms with Gasteiger partial charge in [0.2, 0.25) is 0 Å². The van der Waals surface area contributed by atoms with Gasteiger partial charge < -0.3 is 9.13 Å². The Morgan fingerprint density at radius 2 is 0.857 bits per heavy atom. The largest absolute Gasteiger partial charge is 0.309 e. The Hall–Kier alpha value is -7.63. The minimum atomic E-state index is 0.618. The molecular formula is C51H33N5.